The largest absolute Gasteiger partial charge is 0.469 e. The Hall–Kier alpha value is -3.77. The van der Waals surface area contributed by atoms with E-state index in [9.17, 15) is 24.1 Å². The molecule has 228 valence electrons. The molecule has 0 radical (unpaired) electrons. The molecule has 1 amide bonds. The number of anilines is 1. The number of phosphoric acid groups is 1. The molecule has 1 aliphatic rings. The number of nitrogens with zero attached hydrogens (tertiary/aromatic N) is 5. The molecule has 1 aliphatic heterocycles. The average Bonchev–Trinajstić information content (AvgIpc) is 3.52. The zero-order valence-electron chi connectivity index (χ0n) is 22.3. The number of nitrogens with two attached hydrogens (primary N) is 1. The van der Waals surface area contributed by atoms with Gasteiger partial charge in [0, 0.05) is 38.3 Å². The van der Waals surface area contributed by atoms with Gasteiger partial charge in [0.2, 0.25) is 5.91 Å². The Kier molecular flexibility index (Phi) is 10.3. The van der Waals surface area contributed by atoms with E-state index in [-0.39, 0.29) is 18.5 Å². The Morgan fingerprint density at radius 2 is 2.07 bits per heavy atom. The first kappa shape index (κ1) is 31.2. The highest BCUT2D eigenvalue weighted by atomic mass is 31.2. The Labute approximate surface area is 237 Å². The topological polar surface area (TPSA) is 262 Å². The molecule has 3 unspecified atom stereocenters. The van der Waals surface area contributed by atoms with Gasteiger partial charge in [-0.3, -0.25) is 23.7 Å². The Morgan fingerprint density at radius 3 is 2.83 bits per heavy atom. The van der Waals surface area contributed by atoms with Crippen LogP contribution in [0.1, 0.15) is 31.1 Å². The fraction of sp³-hybridized carbons (Fsp3) is 0.478. The van der Waals surface area contributed by atoms with Crippen LogP contribution in [0.4, 0.5) is 5.82 Å². The third-order valence-corrected chi connectivity index (χ3v) is 6.79. The second-order valence-corrected chi connectivity index (χ2v) is 10.6. The van der Waals surface area contributed by atoms with Crippen LogP contribution in [0.25, 0.3) is 17.2 Å². The summed E-state index contributed by atoms with van der Waals surface area (Å²) in [6.07, 6.45) is 4.94. The minimum atomic E-state index is -4.79. The number of imidazole rings is 1. The van der Waals surface area contributed by atoms with Crippen molar-refractivity contribution in [2.75, 3.05) is 31.6 Å². The molecule has 0 bridgehead atoms. The number of fused-ring (bicyclic) bond motifs is 1. The van der Waals surface area contributed by atoms with Gasteiger partial charge < -0.3 is 40.6 Å². The number of phosphoric ester groups is 1. The van der Waals surface area contributed by atoms with E-state index >= 15 is 0 Å². The van der Waals surface area contributed by atoms with Crippen LogP contribution in [0.3, 0.4) is 0 Å². The number of carbonyl (C=O) groups excluding carboxylic acids is 1. The molecular weight excluding hydrogens is 577 g/mol. The number of aromatic amines is 1. The van der Waals surface area contributed by atoms with Gasteiger partial charge in [-0.05, 0) is 25.5 Å². The summed E-state index contributed by atoms with van der Waals surface area (Å²) >= 11 is 0. The molecule has 0 aromatic carbocycles. The van der Waals surface area contributed by atoms with Crippen molar-refractivity contribution in [2.24, 2.45) is 5.73 Å². The van der Waals surface area contributed by atoms with Crippen LogP contribution in [0.2, 0.25) is 0 Å². The van der Waals surface area contributed by atoms with E-state index in [1.54, 1.807) is 6.33 Å². The molecule has 42 heavy (non-hydrogen) atoms. The summed E-state index contributed by atoms with van der Waals surface area (Å²) in [5.74, 6) is 0.0131. The second kappa shape index (κ2) is 13.9. The lowest BCUT2D eigenvalue weighted by molar-refractivity contribution is -0.116. The normalized spacial score (nSPS) is 19.1. The fourth-order valence-electron chi connectivity index (χ4n) is 4.23. The first-order chi connectivity index (χ1) is 20.1. The summed E-state index contributed by atoms with van der Waals surface area (Å²) in [7, 11) is -4.79. The first-order valence-electron chi connectivity index (χ1n) is 13.0. The van der Waals surface area contributed by atoms with Gasteiger partial charge in [-0.1, -0.05) is 0 Å². The van der Waals surface area contributed by atoms with Crippen molar-refractivity contribution in [1.82, 2.24) is 34.4 Å². The van der Waals surface area contributed by atoms with E-state index in [1.165, 1.54) is 12.4 Å². The number of aliphatic hydroxyl groups excluding tert-OH is 1. The third-order valence-electron chi connectivity index (χ3n) is 6.30. The van der Waals surface area contributed by atoms with Gasteiger partial charge in [-0.15, -0.1) is 0 Å². The summed E-state index contributed by atoms with van der Waals surface area (Å²) in [5, 5.41) is 15.9. The van der Waals surface area contributed by atoms with Gasteiger partial charge in [0.25, 0.3) is 5.56 Å². The predicted octanol–water partition coefficient (Wildman–Crippen LogP) is -1.59. The molecule has 0 saturated carbocycles. The number of carbonyl (C=O) groups is 1. The van der Waals surface area contributed by atoms with Gasteiger partial charge in [-0.2, -0.15) is 0 Å². The monoisotopic (exact) mass is 609 g/mol. The minimum Gasteiger partial charge on any atom is -0.390 e. The number of ether oxygens (including phenoxy) is 1. The SMILES string of the molecule is NCCCCn1cnc2c(NCCNC(=O)/C=C/c3cn(C4CC(O)C(COP(=O)(O)O)O4)c(=O)[nH]c3=O)ncnc21. The van der Waals surface area contributed by atoms with E-state index in [0.717, 1.165) is 36.2 Å². The molecule has 4 heterocycles. The summed E-state index contributed by atoms with van der Waals surface area (Å²) in [5.41, 5.74) is 5.22. The van der Waals surface area contributed by atoms with Crippen LogP contribution in [-0.2, 0) is 25.2 Å². The zero-order valence-corrected chi connectivity index (χ0v) is 23.2. The van der Waals surface area contributed by atoms with Crippen LogP contribution in [-0.4, -0.2) is 88.3 Å². The van der Waals surface area contributed by atoms with Gasteiger partial charge >= 0.3 is 13.5 Å². The summed E-state index contributed by atoms with van der Waals surface area (Å²) in [6.45, 7) is 1.28. The number of aliphatic hydroxyl groups is 1. The smallest absolute Gasteiger partial charge is 0.390 e. The summed E-state index contributed by atoms with van der Waals surface area (Å²) in [4.78, 5) is 69.7. The molecule has 18 nitrogen and oxygen atoms in total. The lowest BCUT2D eigenvalue weighted by Crippen LogP contribution is -2.33. The second-order valence-electron chi connectivity index (χ2n) is 9.35. The van der Waals surface area contributed by atoms with Crippen LogP contribution in [0.5, 0.6) is 0 Å². The molecule has 1 fully saturated rings. The number of amides is 1. The van der Waals surface area contributed by atoms with E-state index in [4.69, 9.17) is 20.3 Å². The number of hydrogen-bond acceptors (Lipinski definition) is 12. The highest BCUT2D eigenvalue weighted by Crippen LogP contribution is 2.38. The van der Waals surface area contributed by atoms with Crippen LogP contribution >= 0.6 is 7.82 Å². The molecular formula is C23H32N9O9P. The molecule has 3 aromatic rings. The van der Waals surface area contributed by atoms with E-state index in [2.05, 4.69) is 35.1 Å². The summed E-state index contributed by atoms with van der Waals surface area (Å²) in [6, 6.07) is 0. The number of rotatable bonds is 14. The molecule has 3 atom stereocenters. The highest BCUT2D eigenvalue weighted by Gasteiger charge is 2.37. The first-order valence-corrected chi connectivity index (χ1v) is 14.5. The fourth-order valence-corrected chi connectivity index (χ4v) is 4.57. The standard InChI is InChI=1S/C23H32N9O9P/c24-5-1-2-8-31-13-29-19-20(27-12-28-21(19)31)26-7-6-25-17(34)4-3-14-10-32(23(36)30-22(14)35)18-9-15(33)16(41-18)11-40-42(37,38)39/h3-4,10,12-13,15-16,18,33H,1-2,5-9,11,24H2,(H,25,34)(H,26,27,28)(H,30,35,36)(H2,37,38,39)/b4-3+. The molecule has 3 aromatic heterocycles. The maximum atomic E-state index is 12.3. The lowest BCUT2D eigenvalue weighted by Gasteiger charge is -2.16. The van der Waals surface area contributed by atoms with Crippen molar-refractivity contribution in [2.45, 2.75) is 44.2 Å². The number of aromatic nitrogens is 6. The highest BCUT2D eigenvalue weighted by molar-refractivity contribution is 7.46. The number of unbranched alkanes of at least 4 members (excludes halogenated alkanes) is 1. The number of aryl methyl sites for hydroxylation is 1. The van der Waals surface area contributed by atoms with E-state index in [0.29, 0.717) is 30.1 Å². The van der Waals surface area contributed by atoms with Crippen molar-refractivity contribution in [3.8, 4) is 0 Å². The minimum absolute atomic E-state index is 0.0405. The predicted molar refractivity (Wildman–Crippen MR) is 148 cm³/mol. The molecule has 4 rings (SSSR count). The zero-order chi connectivity index (χ0) is 30.3. The number of hydrogen-bond donors (Lipinski definition) is 7. The van der Waals surface area contributed by atoms with E-state index in [1.807, 2.05) is 4.57 Å². The maximum Gasteiger partial charge on any atom is 0.469 e. The van der Waals surface area contributed by atoms with Crippen molar-refractivity contribution in [3.05, 3.63) is 51.3 Å². The van der Waals surface area contributed by atoms with Crippen molar-refractivity contribution < 1.29 is 33.5 Å². The quantitative estimate of drug-likeness (QED) is 0.0618. The number of H-pyrrole nitrogens is 1. The summed E-state index contributed by atoms with van der Waals surface area (Å²) < 4.78 is 23.7. The molecule has 19 heteroatoms. The van der Waals surface area contributed by atoms with Gasteiger partial charge in [0.15, 0.2) is 11.5 Å². The average molecular weight is 610 g/mol. The number of nitrogens with one attached hydrogen (secondary N) is 3. The van der Waals surface area contributed by atoms with Crippen LogP contribution in [0, 0.1) is 0 Å². The van der Waals surface area contributed by atoms with Crippen LogP contribution < -0.4 is 27.6 Å². The van der Waals surface area contributed by atoms with Crippen molar-refractivity contribution in [3.63, 3.8) is 0 Å². The van der Waals surface area contributed by atoms with E-state index < -0.39 is 50.0 Å². The Bertz CT molecular complexity index is 1580. The van der Waals surface area contributed by atoms with Crippen LogP contribution in [0.15, 0.2) is 34.5 Å². The van der Waals surface area contributed by atoms with Gasteiger partial charge in [-0.25, -0.2) is 24.3 Å². The maximum absolute atomic E-state index is 12.3. The molecule has 0 spiro atoms. The Balaban J connectivity index is 1.31. The van der Waals surface area contributed by atoms with Gasteiger partial charge in [0.1, 0.15) is 24.2 Å². The molecule has 8 N–H and O–H groups in total. The molecule has 1 saturated heterocycles. The third kappa shape index (κ3) is 8.16. The van der Waals surface area contributed by atoms with Crippen molar-refractivity contribution >= 4 is 36.8 Å². The van der Waals surface area contributed by atoms with Gasteiger partial charge in [0.05, 0.1) is 24.6 Å². The molecule has 0 aliphatic carbocycles. The Morgan fingerprint density at radius 1 is 1.26 bits per heavy atom. The lowest BCUT2D eigenvalue weighted by atomic mass is 10.2. The van der Waals surface area contributed by atoms with Crippen molar-refractivity contribution in [1.29, 1.82) is 0 Å².